The monoisotopic (exact) mass is 523 g/mol. The zero-order valence-electron chi connectivity index (χ0n) is 18.9. The lowest BCUT2D eigenvalue weighted by Crippen LogP contribution is -2.35. The van der Waals surface area contributed by atoms with E-state index in [2.05, 4.69) is 14.7 Å². The molecule has 192 valence electrons. The van der Waals surface area contributed by atoms with E-state index in [1.54, 1.807) is 0 Å². The molecule has 2 fully saturated rings. The highest BCUT2D eigenvalue weighted by atomic mass is 32.2. The van der Waals surface area contributed by atoms with Gasteiger partial charge in [0.25, 0.3) is 11.8 Å². The van der Waals surface area contributed by atoms with Gasteiger partial charge in [0.05, 0.1) is 21.6 Å². The number of nitrogens with zero attached hydrogens (tertiary/aromatic N) is 3. The van der Waals surface area contributed by atoms with E-state index < -0.39 is 45.3 Å². The van der Waals surface area contributed by atoms with Crippen molar-refractivity contribution in [2.45, 2.75) is 55.7 Å². The summed E-state index contributed by atoms with van der Waals surface area (Å²) in [5.74, 6) is -6.31. The molecule has 1 saturated carbocycles. The number of piperidine rings is 1. The number of amides is 1. The number of aromatic nitrogens is 2. The van der Waals surface area contributed by atoms with E-state index in [-0.39, 0.29) is 46.8 Å². The Bertz CT molecular complexity index is 1260. The first-order chi connectivity index (χ1) is 16.1. The fourth-order valence-electron chi connectivity index (χ4n) is 4.13. The van der Waals surface area contributed by atoms with Crippen LogP contribution in [0.3, 0.4) is 0 Å². The third-order valence-electron chi connectivity index (χ3n) is 6.49. The summed E-state index contributed by atoms with van der Waals surface area (Å²) in [7, 11) is -3.73. The summed E-state index contributed by atoms with van der Waals surface area (Å²) < 4.78 is 100. The number of carbonyl (C=O) groups excluding carboxylic acids is 1. The molecule has 1 aromatic heterocycles. The lowest BCUT2D eigenvalue weighted by molar-refractivity contribution is -0.159. The zero-order chi connectivity index (χ0) is 26.0. The fraction of sp³-hybridized carbons (Fsp3) is 0.571. The van der Waals surface area contributed by atoms with Gasteiger partial charge in [-0.05, 0) is 37.5 Å². The topological polar surface area (TPSA) is 103 Å². The predicted octanol–water partition coefficient (Wildman–Crippen LogP) is 3.72. The van der Waals surface area contributed by atoms with Gasteiger partial charge in [0, 0.05) is 20.0 Å². The largest absolute Gasteiger partial charge is 0.484 e. The first kappa shape index (κ1) is 25.3. The number of halogens is 5. The normalized spacial score (nSPS) is 23.2. The molecular weight excluding hydrogens is 501 g/mol. The SMILES string of the molecule is CCS(=O)(=O)c1ccc(O[C@H](C)C(C)(F)F)c(C(=O)N2CC3CC3(c3noc(C(F)(F)F)n3)C2)c1. The van der Waals surface area contributed by atoms with Crippen molar-refractivity contribution >= 4 is 15.7 Å². The van der Waals surface area contributed by atoms with Gasteiger partial charge in [-0.3, -0.25) is 4.79 Å². The Morgan fingerprint density at radius 2 is 2.00 bits per heavy atom. The number of likely N-dealkylation sites (tertiary alicyclic amines) is 1. The molecule has 0 bridgehead atoms. The Morgan fingerprint density at radius 1 is 1.31 bits per heavy atom. The van der Waals surface area contributed by atoms with E-state index in [1.807, 2.05) is 0 Å². The van der Waals surface area contributed by atoms with Crippen LogP contribution in [0.25, 0.3) is 0 Å². The highest BCUT2D eigenvalue weighted by Gasteiger charge is 2.65. The summed E-state index contributed by atoms with van der Waals surface area (Å²) in [5.41, 5.74) is -1.16. The second kappa shape index (κ2) is 8.14. The maximum absolute atomic E-state index is 13.7. The molecule has 4 rings (SSSR count). The fourth-order valence-corrected chi connectivity index (χ4v) is 5.03. The van der Waals surface area contributed by atoms with Gasteiger partial charge in [-0.15, -0.1) is 0 Å². The number of carbonyl (C=O) groups is 1. The first-order valence-electron chi connectivity index (χ1n) is 10.7. The number of hydrogen-bond donors (Lipinski definition) is 0. The average molecular weight is 523 g/mol. The molecule has 2 aromatic rings. The summed E-state index contributed by atoms with van der Waals surface area (Å²) in [4.78, 5) is 18.0. The van der Waals surface area contributed by atoms with Crippen LogP contribution < -0.4 is 4.74 Å². The minimum Gasteiger partial charge on any atom is -0.484 e. The number of alkyl halides is 5. The smallest absolute Gasteiger partial charge is 0.471 e. The van der Waals surface area contributed by atoms with Crippen molar-refractivity contribution in [3.63, 3.8) is 0 Å². The molecular formula is C21H22F5N3O5S. The Hall–Kier alpha value is -2.77. The molecule has 14 heteroatoms. The maximum atomic E-state index is 13.7. The summed E-state index contributed by atoms with van der Waals surface area (Å²) in [6.45, 7) is 3.26. The van der Waals surface area contributed by atoms with Crippen LogP contribution >= 0.6 is 0 Å². The molecule has 1 aliphatic carbocycles. The minimum atomic E-state index is -4.81. The van der Waals surface area contributed by atoms with E-state index in [4.69, 9.17) is 4.74 Å². The molecule has 0 spiro atoms. The van der Waals surface area contributed by atoms with Crippen LogP contribution in [0.2, 0.25) is 0 Å². The van der Waals surface area contributed by atoms with Gasteiger partial charge < -0.3 is 14.2 Å². The summed E-state index contributed by atoms with van der Waals surface area (Å²) in [6.07, 6.45) is -5.99. The van der Waals surface area contributed by atoms with Gasteiger partial charge in [-0.25, -0.2) is 17.2 Å². The lowest BCUT2D eigenvalue weighted by atomic mass is 10.1. The Labute approximate surface area is 197 Å². The number of ether oxygens (including phenoxy) is 1. The summed E-state index contributed by atoms with van der Waals surface area (Å²) in [5, 5.41) is 3.45. The van der Waals surface area contributed by atoms with Crippen LogP contribution in [0.5, 0.6) is 5.75 Å². The molecule has 1 saturated heterocycles. The number of sulfone groups is 1. The number of rotatable bonds is 7. The molecule has 2 aliphatic rings. The van der Waals surface area contributed by atoms with Crippen molar-refractivity contribution in [3.05, 3.63) is 35.5 Å². The molecule has 8 nitrogen and oxygen atoms in total. The lowest BCUT2D eigenvalue weighted by Gasteiger charge is -2.25. The van der Waals surface area contributed by atoms with Crippen LogP contribution in [-0.2, 0) is 21.4 Å². The summed E-state index contributed by atoms with van der Waals surface area (Å²) >= 11 is 0. The van der Waals surface area contributed by atoms with Gasteiger partial charge in [-0.2, -0.15) is 18.2 Å². The van der Waals surface area contributed by atoms with Gasteiger partial charge in [0.15, 0.2) is 21.8 Å². The molecule has 0 N–H and O–H groups in total. The van der Waals surface area contributed by atoms with Crippen LogP contribution in [0, 0.1) is 5.92 Å². The van der Waals surface area contributed by atoms with E-state index in [1.165, 1.54) is 17.9 Å². The molecule has 1 amide bonds. The van der Waals surface area contributed by atoms with Crippen molar-refractivity contribution in [1.29, 1.82) is 0 Å². The highest BCUT2D eigenvalue weighted by molar-refractivity contribution is 7.91. The van der Waals surface area contributed by atoms with Gasteiger partial charge >= 0.3 is 12.1 Å². The van der Waals surface area contributed by atoms with Crippen LogP contribution in [0.4, 0.5) is 22.0 Å². The molecule has 0 radical (unpaired) electrons. The third-order valence-corrected chi connectivity index (χ3v) is 8.22. The second-order valence-electron chi connectivity index (χ2n) is 8.94. The molecule has 1 aromatic carbocycles. The van der Waals surface area contributed by atoms with Crippen LogP contribution in [0.1, 0.15) is 49.3 Å². The second-order valence-corrected chi connectivity index (χ2v) is 11.2. The summed E-state index contributed by atoms with van der Waals surface area (Å²) in [6, 6.07) is 3.40. The van der Waals surface area contributed by atoms with E-state index in [0.29, 0.717) is 13.3 Å². The van der Waals surface area contributed by atoms with Crippen molar-refractivity contribution in [2.24, 2.45) is 5.92 Å². The Kier molecular flexibility index (Phi) is 5.89. The highest BCUT2D eigenvalue weighted by Crippen LogP contribution is 2.58. The van der Waals surface area contributed by atoms with E-state index in [9.17, 15) is 35.2 Å². The molecule has 35 heavy (non-hydrogen) atoms. The molecule has 2 heterocycles. The standard InChI is InChI=1S/C21H22F5N3O5S/c1-4-35(31,32)13-5-6-15(33-11(2)19(3,22)23)14(7-13)16(30)29-9-12-8-20(12,10-29)17-27-18(34-28-17)21(24,25)26/h5-7,11-12H,4,8-10H2,1-3H3/t11-,12?,20?/m1/s1. The molecule has 1 aliphatic heterocycles. The average Bonchev–Trinajstić information content (AvgIpc) is 3.13. The molecule has 3 atom stereocenters. The van der Waals surface area contributed by atoms with E-state index >= 15 is 0 Å². The van der Waals surface area contributed by atoms with Gasteiger partial charge in [0.2, 0.25) is 0 Å². The quantitative estimate of drug-likeness (QED) is 0.510. The predicted molar refractivity (Wildman–Crippen MR) is 110 cm³/mol. The molecule has 2 unspecified atom stereocenters. The van der Waals surface area contributed by atoms with Crippen molar-refractivity contribution < 1.29 is 44.4 Å². The zero-order valence-corrected chi connectivity index (χ0v) is 19.7. The van der Waals surface area contributed by atoms with E-state index in [0.717, 1.165) is 19.1 Å². The first-order valence-corrected chi connectivity index (χ1v) is 12.4. The number of benzene rings is 1. The maximum Gasteiger partial charge on any atom is 0.471 e. The van der Waals surface area contributed by atoms with Gasteiger partial charge in [-0.1, -0.05) is 12.1 Å². The van der Waals surface area contributed by atoms with Gasteiger partial charge in [0.1, 0.15) is 5.75 Å². The number of hydrogen-bond acceptors (Lipinski definition) is 7. The van der Waals surface area contributed by atoms with Crippen molar-refractivity contribution in [2.75, 3.05) is 18.8 Å². The van der Waals surface area contributed by atoms with Crippen molar-refractivity contribution in [1.82, 2.24) is 15.0 Å². The third kappa shape index (κ3) is 4.59. The minimum absolute atomic E-state index is 0.0446. The van der Waals surface area contributed by atoms with Crippen molar-refractivity contribution in [3.8, 4) is 5.75 Å². The van der Waals surface area contributed by atoms with Crippen LogP contribution in [-0.4, -0.2) is 60.2 Å². The Morgan fingerprint density at radius 3 is 2.57 bits per heavy atom. The van der Waals surface area contributed by atoms with Crippen LogP contribution in [0.15, 0.2) is 27.6 Å². The Balaban J connectivity index is 1.64. The number of fused-ring (bicyclic) bond motifs is 1.